The van der Waals surface area contributed by atoms with Gasteiger partial charge in [0.2, 0.25) is 0 Å². The topological polar surface area (TPSA) is 102 Å². The molecule has 2 rings (SSSR count). The summed E-state index contributed by atoms with van der Waals surface area (Å²) in [5.74, 6) is 6.21. The zero-order chi connectivity index (χ0) is 20.5. The smallest absolute Gasteiger partial charge is 0.429 e. The van der Waals surface area contributed by atoms with E-state index in [4.69, 9.17) is 15.3 Å². The van der Waals surface area contributed by atoms with Crippen molar-refractivity contribution in [2.24, 2.45) is 5.84 Å². The number of carbonyl (C=O) groups excluding carboxylic acids is 1. The lowest BCUT2D eigenvalue weighted by atomic mass is 10.2. The molecule has 0 atom stereocenters. The van der Waals surface area contributed by atoms with Crippen LogP contribution in [0.4, 0.5) is 10.5 Å². The number of hydrogen-bond donors (Lipinski definition) is 1. The lowest BCUT2D eigenvalue weighted by Gasteiger charge is -2.25. The van der Waals surface area contributed by atoms with Gasteiger partial charge in [0.25, 0.3) is 0 Å². The molecule has 0 radical (unpaired) electrons. The van der Waals surface area contributed by atoms with Crippen LogP contribution in [0.1, 0.15) is 20.8 Å². The Hall–Kier alpha value is -1.68. The highest BCUT2D eigenvalue weighted by Gasteiger charge is 2.21. The number of amides is 1. The molecule has 0 spiro atoms. The van der Waals surface area contributed by atoms with Gasteiger partial charge in [0, 0.05) is 26.7 Å². The number of hydrazine groups is 1. The van der Waals surface area contributed by atoms with Gasteiger partial charge in [-0.1, -0.05) is 18.2 Å². The summed E-state index contributed by atoms with van der Waals surface area (Å²) in [4.78, 5) is 13.7. The van der Waals surface area contributed by atoms with E-state index in [2.05, 4.69) is 4.90 Å². The van der Waals surface area contributed by atoms with Gasteiger partial charge < -0.3 is 9.47 Å². The third kappa shape index (κ3) is 9.71. The first-order chi connectivity index (χ1) is 12.5. The van der Waals surface area contributed by atoms with E-state index in [1.165, 1.54) is 0 Å². The molecule has 1 saturated heterocycles. The van der Waals surface area contributed by atoms with Gasteiger partial charge in [-0.05, 0) is 32.9 Å². The number of hydrogen-bond acceptors (Lipinski definition) is 7. The van der Waals surface area contributed by atoms with Crippen LogP contribution in [0.5, 0.6) is 0 Å². The minimum Gasteiger partial charge on any atom is -0.442 e. The van der Waals surface area contributed by atoms with E-state index in [0.29, 0.717) is 36.9 Å². The van der Waals surface area contributed by atoms with Crippen molar-refractivity contribution in [3.8, 4) is 0 Å². The van der Waals surface area contributed by atoms with Gasteiger partial charge >= 0.3 is 6.09 Å². The molecule has 1 heterocycles. The van der Waals surface area contributed by atoms with Crippen LogP contribution in [0.2, 0.25) is 0 Å². The molecule has 1 aliphatic rings. The second-order valence-corrected chi connectivity index (χ2v) is 9.48. The molecule has 1 amide bonds. The van der Waals surface area contributed by atoms with Gasteiger partial charge in [0.1, 0.15) is 5.60 Å². The number of nitrogens with two attached hydrogens (primary N) is 1. The number of para-hydroxylation sites is 1. The highest BCUT2D eigenvalue weighted by Crippen LogP contribution is 2.14. The Morgan fingerprint density at radius 3 is 2.22 bits per heavy atom. The fourth-order valence-electron chi connectivity index (χ4n) is 2.20. The molecular weight excluding hydrogens is 370 g/mol. The predicted molar refractivity (Wildman–Crippen MR) is 106 cm³/mol. The minimum absolute atomic E-state index is 0.302. The van der Waals surface area contributed by atoms with E-state index in [1.54, 1.807) is 52.1 Å². The van der Waals surface area contributed by atoms with Gasteiger partial charge in [0.05, 0.1) is 23.8 Å². The number of rotatable bonds is 4. The number of sulfone groups is 1. The first-order valence-corrected chi connectivity index (χ1v) is 10.6. The van der Waals surface area contributed by atoms with Crippen molar-refractivity contribution >= 4 is 21.6 Å². The zero-order valence-corrected chi connectivity index (χ0v) is 17.4. The molecule has 27 heavy (non-hydrogen) atoms. The van der Waals surface area contributed by atoms with Gasteiger partial charge in [-0.15, -0.1) is 0 Å². The fourth-order valence-corrected chi connectivity index (χ4v) is 3.48. The molecule has 0 bridgehead atoms. The first-order valence-electron chi connectivity index (χ1n) is 8.78. The summed E-state index contributed by atoms with van der Waals surface area (Å²) in [5, 5.41) is 0.991. The van der Waals surface area contributed by atoms with Crippen LogP contribution in [0.15, 0.2) is 30.3 Å². The molecule has 1 aliphatic heterocycles. The Bertz CT molecular complexity index is 660. The highest BCUT2D eigenvalue weighted by atomic mass is 32.2. The number of ether oxygens (including phenoxy) is 2. The SMILES string of the molecule is CC(C)(C)OC(=O)N(N)c1ccccc1.COCCN1CCS(=O)(=O)CC1. The number of anilines is 1. The maximum atomic E-state index is 11.5. The maximum Gasteiger partial charge on any atom is 0.429 e. The second-order valence-electron chi connectivity index (χ2n) is 7.17. The summed E-state index contributed by atoms with van der Waals surface area (Å²) in [6.07, 6.45) is -0.561. The van der Waals surface area contributed by atoms with Crippen molar-refractivity contribution in [2.75, 3.05) is 49.9 Å². The molecular formula is C18H31N3O5S. The predicted octanol–water partition coefficient (Wildman–Crippen LogP) is 1.67. The van der Waals surface area contributed by atoms with Crippen molar-refractivity contribution in [1.82, 2.24) is 4.90 Å². The standard InChI is InChI=1S/C11H16N2O2.C7H15NO3S/c1-11(2,3)15-10(14)13(12)9-7-5-4-6-8-9;1-11-5-2-8-3-6-12(9,10)7-4-8/h4-8H,12H2,1-3H3;2-7H2,1H3. The lowest BCUT2D eigenvalue weighted by molar-refractivity contribution is 0.0580. The summed E-state index contributed by atoms with van der Waals surface area (Å²) in [6.45, 7) is 8.22. The number of methoxy groups -OCH3 is 1. The van der Waals surface area contributed by atoms with Crippen LogP contribution in [-0.4, -0.2) is 69.9 Å². The van der Waals surface area contributed by atoms with Crippen LogP contribution in [0.3, 0.4) is 0 Å². The van der Waals surface area contributed by atoms with E-state index >= 15 is 0 Å². The quantitative estimate of drug-likeness (QED) is 0.465. The van der Waals surface area contributed by atoms with E-state index in [0.717, 1.165) is 11.6 Å². The highest BCUT2D eigenvalue weighted by molar-refractivity contribution is 7.91. The minimum atomic E-state index is -2.72. The van der Waals surface area contributed by atoms with E-state index < -0.39 is 21.5 Å². The molecule has 1 fully saturated rings. The molecule has 0 unspecified atom stereocenters. The molecule has 1 aromatic carbocycles. The van der Waals surface area contributed by atoms with Crippen molar-refractivity contribution < 1.29 is 22.7 Å². The Kier molecular flexibility index (Phi) is 9.17. The van der Waals surface area contributed by atoms with Crippen molar-refractivity contribution in [3.05, 3.63) is 30.3 Å². The van der Waals surface area contributed by atoms with Crippen LogP contribution < -0.4 is 10.9 Å². The molecule has 0 aliphatic carbocycles. The zero-order valence-electron chi connectivity index (χ0n) is 16.6. The van der Waals surface area contributed by atoms with Gasteiger partial charge in [-0.3, -0.25) is 4.90 Å². The summed E-state index contributed by atoms with van der Waals surface area (Å²) in [6, 6.07) is 8.94. The molecule has 1 aromatic rings. The fraction of sp³-hybridized carbons (Fsp3) is 0.611. The lowest BCUT2D eigenvalue weighted by Crippen LogP contribution is -2.41. The normalized spacial score (nSPS) is 16.8. The van der Waals surface area contributed by atoms with Gasteiger partial charge in [0.15, 0.2) is 9.84 Å². The van der Waals surface area contributed by atoms with E-state index in [9.17, 15) is 13.2 Å². The van der Waals surface area contributed by atoms with E-state index in [-0.39, 0.29) is 0 Å². The summed E-state index contributed by atoms with van der Waals surface area (Å²) < 4.78 is 32.0. The van der Waals surface area contributed by atoms with Crippen LogP contribution >= 0.6 is 0 Å². The Labute approximate surface area is 162 Å². The monoisotopic (exact) mass is 401 g/mol. The average Bonchev–Trinajstić information content (AvgIpc) is 2.60. The Balaban J connectivity index is 0.000000277. The molecule has 2 N–H and O–H groups in total. The third-order valence-corrected chi connectivity index (χ3v) is 5.28. The largest absolute Gasteiger partial charge is 0.442 e. The molecule has 0 saturated carbocycles. The average molecular weight is 402 g/mol. The van der Waals surface area contributed by atoms with Crippen LogP contribution in [0, 0.1) is 0 Å². The number of nitrogens with zero attached hydrogens (tertiary/aromatic N) is 2. The van der Waals surface area contributed by atoms with Gasteiger partial charge in [-0.2, -0.15) is 0 Å². The first kappa shape index (κ1) is 23.4. The Morgan fingerprint density at radius 1 is 1.19 bits per heavy atom. The molecule has 154 valence electrons. The third-order valence-electron chi connectivity index (χ3n) is 3.67. The van der Waals surface area contributed by atoms with Crippen molar-refractivity contribution in [1.29, 1.82) is 0 Å². The maximum absolute atomic E-state index is 11.5. The van der Waals surface area contributed by atoms with Crippen LogP contribution in [0.25, 0.3) is 0 Å². The van der Waals surface area contributed by atoms with E-state index in [1.807, 2.05) is 6.07 Å². The molecule has 9 heteroatoms. The summed E-state index contributed by atoms with van der Waals surface area (Å²) in [5.41, 5.74) is 0.0653. The Morgan fingerprint density at radius 2 is 1.74 bits per heavy atom. The number of carbonyl (C=O) groups is 1. The summed E-state index contributed by atoms with van der Waals surface area (Å²) in [7, 11) is -1.07. The van der Waals surface area contributed by atoms with Crippen molar-refractivity contribution in [2.45, 2.75) is 26.4 Å². The van der Waals surface area contributed by atoms with Gasteiger partial charge in [-0.25, -0.2) is 24.1 Å². The molecule has 8 nitrogen and oxygen atoms in total. The summed E-state index contributed by atoms with van der Waals surface area (Å²) >= 11 is 0. The number of benzene rings is 1. The second kappa shape index (κ2) is 10.6. The van der Waals surface area contributed by atoms with Crippen molar-refractivity contribution in [3.63, 3.8) is 0 Å². The molecule has 0 aromatic heterocycles. The van der Waals surface area contributed by atoms with Crippen LogP contribution in [-0.2, 0) is 19.3 Å².